The number of fused-ring (bicyclic) bond motifs is 2. The number of nitrogens with zero attached hydrogens (tertiary/aromatic N) is 3. The van der Waals surface area contributed by atoms with Gasteiger partial charge in [-0.2, -0.15) is 4.98 Å². The van der Waals surface area contributed by atoms with E-state index in [1.165, 1.54) is 18.5 Å². The Morgan fingerprint density at radius 1 is 1.09 bits per heavy atom. The molecule has 0 atom stereocenters. The molecular weight excluding hydrogens is 487 g/mol. The van der Waals surface area contributed by atoms with E-state index in [0.717, 1.165) is 39.5 Å². The fraction of sp³-hybridized carbons (Fsp3) is 0.136. The number of nitrogens with one attached hydrogen (secondary N) is 2. The molecule has 2 aromatic carbocycles. The molecule has 0 bridgehead atoms. The standard InChI is InChI=1S/C22H16F3N5O4S/c23-22(24,25)34-16-2-1-3-17(11-16)35(32,33)30-9-8-14-12-26-21(29-20(14)30)27-15-5-6-18-13(10-15)4-7-19(31)28-18/h1-3,5-6,8-12H,4,7H2,(H,28,31)(H,26,27,29). The Kier molecular flexibility index (Phi) is 5.35. The van der Waals surface area contributed by atoms with E-state index < -0.39 is 27.0 Å². The van der Waals surface area contributed by atoms with Crippen LogP contribution < -0.4 is 15.4 Å². The molecule has 35 heavy (non-hydrogen) atoms. The smallest absolute Gasteiger partial charge is 0.406 e. The monoisotopic (exact) mass is 503 g/mol. The molecule has 5 rings (SSSR count). The number of anilines is 3. The van der Waals surface area contributed by atoms with Crippen LogP contribution in [0, 0.1) is 0 Å². The van der Waals surface area contributed by atoms with Crippen molar-refractivity contribution in [3.05, 3.63) is 66.5 Å². The molecule has 3 heterocycles. The van der Waals surface area contributed by atoms with E-state index in [4.69, 9.17) is 0 Å². The van der Waals surface area contributed by atoms with Crippen molar-refractivity contribution in [2.45, 2.75) is 24.1 Å². The van der Waals surface area contributed by atoms with Gasteiger partial charge in [-0.05, 0) is 48.4 Å². The highest BCUT2D eigenvalue weighted by atomic mass is 32.2. The minimum Gasteiger partial charge on any atom is -0.406 e. The van der Waals surface area contributed by atoms with Gasteiger partial charge in [-0.15, -0.1) is 13.2 Å². The molecule has 0 aliphatic carbocycles. The zero-order valence-electron chi connectivity index (χ0n) is 17.7. The Morgan fingerprint density at radius 3 is 2.71 bits per heavy atom. The van der Waals surface area contributed by atoms with Gasteiger partial charge in [0.1, 0.15) is 5.75 Å². The number of hydrogen-bond acceptors (Lipinski definition) is 7. The number of carbonyl (C=O) groups is 1. The first-order chi connectivity index (χ1) is 16.6. The Labute approximate surface area is 196 Å². The fourth-order valence-electron chi connectivity index (χ4n) is 3.68. The van der Waals surface area contributed by atoms with Gasteiger partial charge in [0.2, 0.25) is 11.9 Å². The molecule has 0 spiro atoms. The van der Waals surface area contributed by atoms with Crippen molar-refractivity contribution >= 4 is 44.3 Å². The van der Waals surface area contributed by atoms with Crippen LogP contribution in [-0.4, -0.2) is 34.6 Å². The van der Waals surface area contributed by atoms with E-state index >= 15 is 0 Å². The van der Waals surface area contributed by atoms with Crippen LogP contribution in [0.1, 0.15) is 12.0 Å². The quantitative estimate of drug-likeness (QED) is 0.420. The molecule has 0 saturated heterocycles. The van der Waals surface area contributed by atoms with E-state index in [1.807, 2.05) is 6.07 Å². The molecule has 0 fully saturated rings. The minimum absolute atomic E-state index is 0.0369. The van der Waals surface area contributed by atoms with Gasteiger partial charge < -0.3 is 15.4 Å². The number of hydrogen-bond donors (Lipinski definition) is 2. The lowest BCUT2D eigenvalue weighted by Crippen LogP contribution is -2.18. The van der Waals surface area contributed by atoms with E-state index in [1.54, 1.807) is 12.1 Å². The number of aromatic nitrogens is 3. The topological polar surface area (TPSA) is 115 Å². The SMILES string of the molecule is O=C1CCc2cc(Nc3ncc4ccn(S(=O)(=O)c5cccc(OC(F)(F)F)c5)c4n3)ccc2N1. The highest BCUT2D eigenvalue weighted by molar-refractivity contribution is 7.90. The predicted molar refractivity (Wildman–Crippen MR) is 120 cm³/mol. The summed E-state index contributed by atoms with van der Waals surface area (Å²) in [6.45, 7) is 0. The summed E-state index contributed by atoms with van der Waals surface area (Å²) in [4.78, 5) is 19.7. The van der Waals surface area contributed by atoms with Crippen LogP contribution in [0.25, 0.3) is 11.0 Å². The third-order valence-corrected chi connectivity index (χ3v) is 6.91. The van der Waals surface area contributed by atoms with E-state index in [2.05, 4.69) is 25.3 Å². The van der Waals surface area contributed by atoms with Crippen LogP contribution in [0.5, 0.6) is 5.75 Å². The average Bonchev–Trinajstić information content (AvgIpc) is 3.22. The molecule has 9 nitrogen and oxygen atoms in total. The second kappa shape index (κ2) is 8.27. The number of carbonyl (C=O) groups excluding carboxylic acids is 1. The van der Waals surface area contributed by atoms with Gasteiger partial charge in [0.05, 0.1) is 4.90 Å². The maximum Gasteiger partial charge on any atom is 0.573 e. The van der Waals surface area contributed by atoms with Crippen molar-refractivity contribution in [1.82, 2.24) is 13.9 Å². The number of rotatable bonds is 5. The summed E-state index contributed by atoms with van der Waals surface area (Å²) in [5.41, 5.74) is 2.33. The molecule has 0 unspecified atom stereocenters. The minimum atomic E-state index is -4.96. The summed E-state index contributed by atoms with van der Waals surface area (Å²) in [7, 11) is -4.30. The lowest BCUT2D eigenvalue weighted by molar-refractivity contribution is -0.274. The molecule has 180 valence electrons. The number of amides is 1. The highest BCUT2D eigenvalue weighted by Crippen LogP contribution is 2.29. The van der Waals surface area contributed by atoms with Crippen molar-refractivity contribution < 1.29 is 31.1 Å². The van der Waals surface area contributed by atoms with Crippen LogP contribution in [-0.2, 0) is 21.2 Å². The Balaban J connectivity index is 1.47. The van der Waals surface area contributed by atoms with Crippen molar-refractivity contribution in [2.24, 2.45) is 0 Å². The first kappa shape index (κ1) is 22.7. The van der Waals surface area contributed by atoms with Gasteiger partial charge in [-0.1, -0.05) is 6.07 Å². The van der Waals surface area contributed by atoms with Crippen molar-refractivity contribution in [3.8, 4) is 5.75 Å². The van der Waals surface area contributed by atoms with Gasteiger partial charge in [0, 0.05) is 41.6 Å². The van der Waals surface area contributed by atoms with Gasteiger partial charge in [0.15, 0.2) is 5.65 Å². The molecule has 1 aliphatic rings. The second-order valence-corrected chi connectivity index (χ2v) is 9.47. The second-order valence-electron chi connectivity index (χ2n) is 7.66. The Hall–Kier alpha value is -4.13. The molecule has 4 aromatic rings. The zero-order chi connectivity index (χ0) is 24.8. The van der Waals surface area contributed by atoms with Gasteiger partial charge >= 0.3 is 6.36 Å². The number of ether oxygens (including phenoxy) is 1. The largest absolute Gasteiger partial charge is 0.573 e. The summed E-state index contributed by atoms with van der Waals surface area (Å²) in [6, 6.07) is 10.9. The lowest BCUT2D eigenvalue weighted by atomic mass is 10.0. The van der Waals surface area contributed by atoms with Gasteiger partial charge in [0.25, 0.3) is 10.0 Å². The first-order valence-corrected chi connectivity index (χ1v) is 11.7. The third kappa shape index (κ3) is 4.62. The summed E-state index contributed by atoms with van der Waals surface area (Å²) in [5, 5.41) is 6.21. The summed E-state index contributed by atoms with van der Waals surface area (Å²) in [6.07, 6.45) is -1.33. The summed E-state index contributed by atoms with van der Waals surface area (Å²) in [5.74, 6) is -0.596. The predicted octanol–water partition coefficient (Wildman–Crippen LogP) is 4.20. The molecule has 13 heteroatoms. The summed E-state index contributed by atoms with van der Waals surface area (Å²) >= 11 is 0. The van der Waals surface area contributed by atoms with Gasteiger partial charge in [-0.3, -0.25) is 4.79 Å². The number of benzene rings is 2. The number of halogens is 3. The van der Waals surface area contributed by atoms with Crippen molar-refractivity contribution in [3.63, 3.8) is 0 Å². The van der Waals surface area contributed by atoms with Crippen LogP contribution in [0.4, 0.5) is 30.5 Å². The molecule has 1 amide bonds. The average molecular weight is 503 g/mol. The molecule has 0 saturated carbocycles. The molecule has 1 aliphatic heterocycles. The van der Waals surface area contributed by atoms with Crippen LogP contribution in [0.2, 0.25) is 0 Å². The Bertz CT molecular complexity index is 1570. The number of alkyl halides is 3. The maximum absolute atomic E-state index is 13.2. The third-order valence-electron chi connectivity index (χ3n) is 5.25. The zero-order valence-corrected chi connectivity index (χ0v) is 18.5. The summed E-state index contributed by atoms with van der Waals surface area (Å²) < 4.78 is 68.8. The first-order valence-electron chi connectivity index (χ1n) is 10.2. The van der Waals surface area contributed by atoms with Crippen LogP contribution in [0.3, 0.4) is 0 Å². The molecule has 2 N–H and O–H groups in total. The molecule has 2 aromatic heterocycles. The van der Waals surface area contributed by atoms with Crippen LogP contribution in [0.15, 0.2) is 65.8 Å². The van der Waals surface area contributed by atoms with Crippen molar-refractivity contribution in [1.29, 1.82) is 0 Å². The highest BCUT2D eigenvalue weighted by Gasteiger charge is 2.32. The maximum atomic E-state index is 13.2. The van der Waals surface area contributed by atoms with E-state index in [-0.39, 0.29) is 17.5 Å². The van der Waals surface area contributed by atoms with Gasteiger partial charge in [-0.25, -0.2) is 17.4 Å². The number of aryl methyl sites for hydroxylation is 1. The molecular formula is C22H16F3N5O4S. The van der Waals surface area contributed by atoms with E-state index in [9.17, 15) is 26.4 Å². The van der Waals surface area contributed by atoms with Crippen LogP contribution >= 0.6 is 0 Å². The fourth-order valence-corrected chi connectivity index (χ4v) is 5.02. The Morgan fingerprint density at radius 2 is 1.91 bits per heavy atom. The van der Waals surface area contributed by atoms with E-state index in [0.29, 0.717) is 23.9 Å². The molecule has 0 radical (unpaired) electrons. The normalized spacial score (nSPS) is 13.9. The lowest BCUT2D eigenvalue weighted by Gasteiger charge is -2.17. The van der Waals surface area contributed by atoms with Crippen molar-refractivity contribution in [2.75, 3.05) is 10.6 Å².